The molecule has 8 heteroatoms. The molecular formula is C16H14N4O4. The third-order valence-corrected chi connectivity index (χ3v) is 2.92. The Morgan fingerprint density at radius 1 is 1.12 bits per heavy atom. The number of benzene rings is 2. The van der Waals surface area contributed by atoms with E-state index in [0.717, 1.165) is 0 Å². The van der Waals surface area contributed by atoms with Crippen molar-refractivity contribution in [2.75, 3.05) is 5.32 Å². The lowest BCUT2D eigenvalue weighted by molar-refractivity contribution is -0.384. The van der Waals surface area contributed by atoms with Crippen molar-refractivity contribution in [1.82, 2.24) is 0 Å². The van der Waals surface area contributed by atoms with Gasteiger partial charge in [-0.3, -0.25) is 14.9 Å². The van der Waals surface area contributed by atoms with Crippen LogP contribution in [0.15, 0.2) is 76.3 Å². The first-order valence-corrected chi connectivity index (χ1v) is 6.90. The second-order valence-electron chi connectivity index (χ2n) is 4.73. The zero-order valence-corrected chi connectivity index (χ0v) is 12.7. The maximum absolute atomic E-state index is 12.1. The summed E-state index contributed by atoms with van der Waals surface area (Å²) in [5, 5.41) is 30.4. The molecule has 122 valence electrons. The molecule has 2 aromatic carbocycles. The van der Waals surface area contributed by atoms with Gasteiger partial charge >= 0.3 is 0 Å². The Balaban J connectivity index is 2.15. The molecule has 0 unspecified atom stereocenters. The fourth-order valence-corrected chi connectivity index (χ4v) is 1.74. The van der Waals surface area contributed by atoms with Gasteiger partial charge in [-0.25, -0.2) is 0 Å². The van der Waals surface area contributed by atoms with Crippen LogP contribution < -0.4 is 5.32 Å². The molecular weight excluding hydrogens is 312 g/mol. The third kappa shape index (κ3) is 4.47. The van der Waals surface area contributed by atoms with Gasteiger partial charge in [-0.05, 0) is 31.2 Å². The molecule has 1 amide bonds. The molecule has 0 saturated heterocycles. The van der Waals surface area contributed by atoms with E-state index in [4.69, 9.17) is 0 Å². The smallest absolute Gasteiger partial charge is 0.279 e. The fourth-order valence-electron chi connectivity index (χ4n) is 1.74. The molecule has 0 heterocycles. The highest BCUT2D eigenvalue weighted by atomic mass is 16.6. The molecule has 0 radical (unpaired) electrons. The zero-order chi connectivity index (χ0) is 17.5. The highest BCUT2D eigenvalue weighted by molar-refractivity contribution is 6.03. The number of allylic oxidation sites excluding steroid dienone is 1. The predicted octanol–water partition coefficient (Wildman–Crippen LogP) is 4.11. The van der Waals surface area contributed by atoms with Gasteiger partial charge in [0.15, 0.2) is 5.70 Å². The van der Waals surface area contributed by atoms with Gasteiger partial charge in [-0.15, -0.1) is 5.11 Å². The second-order valence-corrected chi connectivity index (χ2v) is 4.73. The normalized spacial score (nSPS) is 11.9. The largest absolute Gasteiger partial charge is 0.510 e. The molecule has 24 heavy (non-hydrogen) atoms. The molecule has 2 N–H and O–H groups in total. The maximum Gasteiger partial charge on any atom is 0.279 e. The fraction of sp³-hybridized carbons (Fsp3) is 0.0625. The van der Waals surface area contributed by atoms with Crippen LogP contribution in [0.1, 0.15) is 6.92 Å². The average molecular weight is 326 g/mol. The van der Waals surface area contributed by atoms with E-state index in [0.29, 0.717) is 11.4 Å². The molecule has 0 spiro atoms. The molecule has 0 aliphatic carbocycles. The number of nitro groups is 1. The van der Waals surface area contributed by atoms with Gasteiger partial charge in [-0.2, -0.15) is 5.11 Å². The summed E-state index contributed by atoms with van der Waals surface area (Å²) in [6.07, 6.45) is 0. The van der Waals surface area contributed by atoms with E-state index in [9.17, 15) is 20.0 Å². The Kier molecular flexibility index (Phi) is 5.35. The minimum absolute atomic E-state index is 0.0788. The number of nitrogens with zero attached hydrogens (tertiary/aromatic N) is 3. The number of anilines is 1. The number of hydrogen-bond acceptors (Lipinski definition) is 6. The minimum atomic E-state index is -0.619. The number of nitro benzene ring substituents is 1. The maximum atomic E-state index is 12.1. The van der Waals surface area contributed by atoms with Crippen LogP contribution in [0.5, 0.6) is 0 Å². The van der Waals surface area contributed by atoms with Crippen molar-refractivity contribution in [3.63, 3.8) is 0 Å². The SMILES string of the molecule is CC(O)=C(N=Nc1ccc([N+](=O)[O-])cc1)C(=O)Nc1ccccc1. The zero-order valence-electron chi connectivity index (χ0n) is 12.7. The highest BCUT2D eigenvalue weighted by Gasteiger charge is 2.13. The monoisotopic (exact) mass is 326 g/mol. The molecule has 2 aromatic rings. The van der Waals surface area contributed by atoms with Crippen LogP contribution in [0.4, 0.5) is 17.1 Å². The summed E-state index contributed by atoms with van der Waals surface area (Å²) >= 11 is 0. The summed E-state index contributed by atoms with van der Waals surface area (Å²) in [5.74, 6) is -0.916. The molecule has 0 saturated carbocycles. The number of carbonyl (C=O) groups is 1. The molecule has 0 aliphatic rings. The highest BCUT2D eigenvalue weighted by Crippen LogP contribution is 2.20. The van der Waals surface area contributed by atoms with Crippen LogP contribution in [0.25, 0.3) is 0 Å². The van der Waals surface area contributed by atoms with Crippen LogP contribution in [-0.4, -0.2) is 15.9 Å². The summed E-state index contributed by atoms with van der Waals surface area (Å²) in [5.41, 5.74) is 0.528. The molecule has 2 rings (SSSR count). The minimum Gasteiger partial charge on any atom is -0.510 e. The standard InChI is InChI=1S/C16H14N4O4/c1-11(21)15(16(22)17-12-5-3-2-4-6-12)19-18-13-7-9-14(10-8-13)20(23)24/h2-10,21H,1H3,(H,17,22). The molecule has 0 aromatic heterocycles. The Labute approximate surface area is 137 Å². The van der Waals surface area contributed by atoms with Gasteiger partial charge in [0, 0.05) is 17.8 Å². The summed E-state index contributed by atoms with van der Waals surface area (Å²) in [4.78, 5) is 22.2. The lowest BCUT2D eigenvalue weighted by Gasteiger charge is -2.05. The van der Waals surface area contributed by atoms with Gasteiger partial charge < -0.3 is 10.4 Å². The van der Waals surface area contributed by atoms with Crippen LogP contribution in [-0.2, 0) is 4.79 Å². The van der Waals surface area contributed by atoms with Crippen LogP contribution in [0.2, 0.25) is 0 Å². The van der Waals surface area contributed by atoms with E-state index in [1.165, 1.54) is 31.2 Å². The first kappa shape index (κ1) is 16.8. The van der Waals surface area contributed by atoms with Gasteiger partial charge in [0.25, 0.3) is 11.6 Å². The van der Waals surface area contributed by atoms with Gasteiger partial charge in [0.05, 0.1) is 10.6 Å². The van der Waals surface area contributed by atoms with E-state index < -0.39 is 10.8 Å². The quantitative estimate of drug-likeness (QED) is 0.282. The van der Waals surface area contributed by atoms with Crippen molar-refractivity contribution >= 4 is 23.0 Å². The van der Waals surface area contributed by atoms with Gasteiger partial charge in [-0.1, -0.05) is 18.2 Å². The topological polar surface area (TPSA) is 117 Å². The number of aliphatic hydroxyl groups excluding tert-OH is 1. The Bertz CT molecular complexity index is 795. The van der Waals surface area contributed by atoms with Crippen molar-refractivity contribution < 1.29 is 14.8 Å². The van der Waals surface area contributed by atoms with Gasteiger partial charge in [0.2, 0.25) is 0 Å². The molecule has 0 fully saturated rings. The van der Waals surface area contributed by atoms with E-state index in [-0.39, 0.29) is 17.1 Å². The van der Waals surface area contributed by atoms with Crippen molar-refractivity contribution in [3.05, 3.63) is 76.2 Å². The number of non-ortho nitro benzene ring substituents is 1. The van der Waals surface area contributed by atoms with Crippen molar-refractivity contribution in [1.29, 1.82) is 0 Å². The first-order chi connectivity index (χ1) is 11.5. The van der Waals surface area contributed by atoms with E-state index in [1.54, 1.807) is 30.3 Å². The summed E-state index contributed by atoms with van der Waals surface area (Å²) < 4.78 is 0. The van der Waals surface area contributed by atoms with Crippen LogP contribution in [0, 0.1) is 10.1 Å². The number of hydrogen-bond donors (Lipinski definition) is 2. The number of amides is 1. The van der Waals surface area contributed by atoms with Crippen molar-refractivity contribution in [2.24, 2.45) is 10.2 Å². The van der Waals surface area contributed by atoms with E-state index in [2.05, 4.69) is 15.5 Å². The lowest BCUT2D eigenvalue weighted by Crippen LogP contribution is -2.14. The Morgan fingerprint density at radius 2 is 1.75 bits per heavy atom. The number of azo groups is 1. The lowest BCUT2D eigenvalue weighted by atomic mass is 10.3. The summed E-state index contributed by atoms with van der Waals surface area (Å²) in [6, 6.07) is 14.0. The van der Waals surface area contributed by atoms with Crippen molar-refractivity contribution in [2.45, 2.75) is 6.92 Å². The average Bonchev–Trinajstić information content (AvgIpc) is 2.56. The van der Waals surface area contributed by atoms with Crippen LogP contribution in [0.3, 0.4) is 0 Å². The molecule has 0 atom stereocenters. The number of rotatable bonds is 5. The Morgan fingerprint density at radius 3 is 2.29 bits per heavy atom. The Hall–Kier alpha value is -3.55. The third-order valence-electron chi connectivity index (χ3n) is 2.92. The molecule has 0 aliphatic heterocycles. The molecule has 0 bridgehead atoms. The predicted molar refractivity (Wildman–Crippen MR) is 88.0 cm³/mol. The van der Waals surface area contributed by atoms with Crippen LogP contribution >= 0.6 is 0 Å². The number of carbonyl (C=O) groups excluding carboxylic acids is 1. The summed E-state index contributed by atoms with van der Waals surface area (Å²) in [6.45, 7) is 1.31. The molecule has 8 nitrogen and oxygen atoms in total. The van der Waals surface area contributed by atoms with Crippen molar-refractivity contribution in [3.8, 4) is 0 Å². The first-order valence-electron chi connectivity index (χ1n) is 6.90. The number of nitrogens with one attached hydrogen (secondary N) is 1. The number of aliphatic hydroxyl groups is 1. The van der Waals surface area contributed by atoms with E-state index >= 15 is 0 Å². The van der Waals surface area contributed by atoms with E-state index in [1.807, 2.05) is 0 Å². The second kappa shape index (κ2) is 7.63. The van der Waals surface area contributed by atoms with Gasteiger partial charge in [0.1, 0.15) is 5.76 Å². The number of para-hydroxylation sites is 1. The summed E-state index contributed by atoms with van der Waals surface area (Å²) in [7, 11) is 0.